The van der Waals surface area contributed by atoms with Crippen molar-refractivity contribution in [2.45, 2.75) is 6.54 Å². The van der Waals surface area contributed by atoms with Gasteiger partial charge < -0.3 is 4.90 Å². The average molecular weight is 321 g/mol. The first-order valence-corrected chi connectivity index (χ1v) is 7.40. The maximum atomic E-state index is 12.6. The molecule has 0 aliphatic heterocycles. The number of benzene rings is 2. The van der Waals surface area contributed by atoms with Crippen LogP contribution in [0.1, 0.15) is 16.1 Å². The zero-order chi connectivity index (χ0) is 17.1. The molecule has 0 saturated heterocycles. The van der Waals surface area contributed by atoms with Crippen LogP contribution in [-0.4, -0.2) is 27.8 Å². The van der Waals surface area contributed by atoms with E-state index in [0.29, 0.717) is 11.3 Å². The molecule has 3 aromatic rings. The molecule has 0 spiro atoms. The van der Waals surface area contributed by atoms with Gasteiger partial charge in [0, 0.05) is 24.1 Å². The highest BCUT2D eigenvalue weighted by Crippen LogP contribution is 2.20. The Hall–Kier alpha value is -3.28. The van der Waals surface area contributed by atoms with Crippen LogP contribution < -0.4 is 0 Å². The van der Waals surface area contributed by atoms with Gasteiger partial charge in [0.15, 0.2) is 0 Å². The lowest BCUT2D eigenvalue weighted by molar-refractivity contribution is -0.385. The van der Waals surface area contributed by atoms with Crippen molar-refractivity contribution in [1.82, 2.24) is 9.88 Å². The molecule has 0 N–H and O–H groups in total. The molecular formula is C18H15N3O3. The summed E-state index contributed by atoms with van der Waals surface area (Å²) in [4.78, 5) is 29.0. The molecule has 0 fully saturated rings. The van der Waals surface area contributed by atoms with E-state index in [1.54, 1.807) is 31.3 Å². The Morgan fingerprint density at radius 1 is 1.08 bits per heavy atom. The van der Waals surface area contributed by atoms with Gasteiger partial charge in [-0.05, 0) is 12.1 Å². The van der Waals surface area contributed by atoms with Crippen LogP contribution in [0.25, 0.3) is 10.9 Å². The Kier molecular flexibility index (Phi) is 4.20. The van der Waals surface area contributed by atoms with E-state index in [2.05, 4.69) is 4.98 Å². The van der Waals surface area contributed by atoms with Crippen LogP contribution in [0.3, 0.4) is 0 Å². The number of hydrogen-bond acceptors (Lipinski definition) is 4. The molecule has 1 heterocycles. The predicted molar refractivity (Wildman–Crippen MR) is 90.6 cm³/mol. The lowest BCUT2D eigenvalue weighted by Crippen LogP contribution is -2.27. The lowest BCUT2D eigenvalue weighted by Gasteiger charge is -2.17. The van der Waals surface area contributed by atoms with E-state index >= 15 is 0 Å². The second-order valence-electron chi connectivity index (χ2n) is 5.44. The fourth-order valence-corrected chi connectivity index (χ4v) is 2.53. The van der Waals surface area contributed by atoms with Crippen molar-refractivity contribution >= 4 is 22.5 Å². The number of aromatic nitrogens is 1. The molecule has 0 atom stereocenters. The van der Waals surface area contributed by atoms with E-state index < -0.39 is 4.92 Å². The summed E-state index contributed by atoms with van der Waals surface area (Å²) < 4.78 is 0. The zero-order valence-corrected chi connectivity index (χ0v) is 13.0. The number of amides is 1. The first-order valence-electron chi connectivity index (χ1n) is 7.40. The minimum Gasteiger partial charge on any atom is -0.336 e. The van der Waals surface area contributed by atoms with E-state index in [-0.39, 0.29) is 18.1 Å². The number of para-hydroxylation sites is 2. The Morgan fingerprint density at radius 2 is 1.79 bits per heavy atom. The number of rotatable bonds is 4. The summed E-state index contributed by atoms with van der Waals surface area (Å²) in [5, 5.41) is 12.0. The molecule has 0 bridgehead atoms. The van der Waals surface area contributed by atoms with Crippen LogP contribution in [0, 0.1) is 10.1 Å². The number of nitro benzene ring substituents is 1. The third kappa shape index (κ3) is 3.08. The second-order valence-corrected chi connectivity index (χ2v) is 5.44. The van der Waals surface area contributed by atoms with Crippen LogP contribution in [0.15, 0.2) is 60.7 Å². The molecule has 120 valence electrons. The van der Waals surface area contributed by atoms with E-state index in [0.717, 1.165) is 10.9 Å². The highest BCUT2D eigenvalue weighted by molar-refractivity contribution is 5.94. The van der Waals surface area contributed by atoms with Gasteiger partial charge in [0.25, 0.3) is 11.6 Å². The fourth-order valence-electron chi connectivity index (χ4n) is 2.53. The highest BCUT2D eigenvalue weighted by Gasteiger charge is 2.18. The number of carbonyl (C=O) groups is 1. The molecule has 1 aromatic heterocycles. The number of carbonyl (C=O) groups excluding carboxylic acids is 1. The molecule has 0 radical (unpaired) electrons. The van der Waals surface area contributed by atoms with Crippen molar-refractivity contribution < 1.29 is 9.72 Å². The summed E-state index contributed by atoms with van der Waals surface area (Å²) in [5.41, 5.74) is 1.54. The van der Waals surface area contributed by atoms with Gasteiger partial charge in [0.2, 0.25) is 0 Å². The highest BCUT2D eigenvalue weighted by atomic mass is 16.6. The topological polar surface area (TPSA) is 76.3 Å². The molecule has 24 heavy (non-hydrogen) atoms. The monoisotopic (exact) mass is 321 g/mol. The largest absolute Gasteiger partial charge is 0.336 e. The number of nitrogens with zero attached hydrogens (tertiary/aromatic N) is 3. The second kappa shape index (κ2) is 6.45. The summed E-state index contributed by atoms with van der Waals surface area (Å²) >= 11 is 0. The minimum absolute atomic E-state index is 0.00335. The summed E-state index contributed by atoms with van der Waals surface area (Å²) in [6, 6.07) is 17.4. The normalized spacial score (nSPS) is 10.5. The molecule has 6 nitrogen and oxygen atoms in total. The molecule has 6 heteroatoms. The lowest BCUT2D eigenvalue weighted by atomic mass is 10.1. The van der Waals surface area contributed by atoms with Gasteiger partial charge in [-0.1, -0.05) is 42.5 Å². The smallest absolute Gasteiger partial charge is 0.274 e. The molecular weight excluding hydrogens is 306 g/mol. The van der Waals surface area contributed by atoms with E-state index in [4.69, 9.17) is 0 Å². The number of hydrogen-bond donors (Lipinski definition) is 0. The Balaban J connectivity index is 1.85. The molecule has 3 rings (SSSR count). The van der Waals surface area contributed by atoms with Crippen molar-refractivity contribution in [3.05, 3.63) is 82.0 Å². The van der Waals surface area contributed by atoms with E-state index in [1.165, 1.54) is 11.0 Å². The van der Waals surface area contributed by atoms with Crippen molar-refractivity contribution in [1.29, 1.82) is 0 Å². The van der Waals surface area contributed by atoms with Gasteiger partial charge in [0.1, 0.15) is 5.69 Å². The molecule has 0 saturated carbocycles. The third-order valence-electron chi connectivity index (χ3n) is 3.76. The first-order chi connectivity index (χ1) is 11.6. The van der Waals surface area contributed by atoms with E-state index in [9.17, 15) is 14.9 Å². The standard InChI is InChI=1S/C18H15N3O3/c1-20(12-14-7-3-5-9-17(14)21(23)24)18(22)16-11-10-13-6-2-4-8-15(13)19-16/h2-11H,12H2,1H3. The van der Waals surface area contributed by atoms with Crippen LogP contribution in [0.2, 0.25) is 0 Å². The van der Waals surface area contributed by atoms with Crippen molar-refractivity contribution in [2.24, 2.45) is 0 Å². The maximum absolute atomic E-state index is 12.6. The molecule has 0 unspecified atom stereocenters. The first kappa shape index (κ1) is 15.6. The summed E-state index contributed by atoms with van der Waals surface area (Å²) in [5.74, 6) is -0.279. The molecule has 1 amide bonds. The molecule has 0 aliphatic carbocycles. The van der Waals surface area contributed by atoms with Crippen molar-refractivity contribution in [3.8, 4) is 0 Å². The van der Waals surface area contributed by atoms with Crippen LogP contribution in [0.5, 0.6) is 0 Å². The third-order valence-corrected chi connectivity index (χ3v) is 3.76. The van der Waals surface area contributed by atoms with Gasteiger partial charge in [0.05, 0.1) is 17.0 Å². The van der Waals surface area contributed by atoms with Crippen LogP contribution >= 0.6 is 0 Å². The Morgan fingerprint density at radius 3 is 2.58 bits per heavy atom. The summed E-state index contributed by atoms with van der Waals surface area (Å²) in [6.07, 6.45) is 0. The van der Waals surface area contributed by atoms with Gasteiger partial charge in [-0.15, -0.1) is 0 Å². The molecule has 2 aromatic carbocycles. The zero-order valence-electron chi connectivity index (χ0n) is 13.0. The number of fused-ring (bicyclic) bond motifs is 1. The van der Waals surface area contributed by atoms with Gasteiger partial charge in [-0.2, -0.15) is 0 Å². The average Bonchev–Trinajstić information content (AvgIpc) is 2.61. The summed E-state index contributed by atoms with van der Waals surface area (Å²) in [7, 11) is 1.61. The van der Waals surface area contributed by atoms with Crippen molar-refractivity contribution in [3.63, 3.8) is 0 Å². The quantitative estimate of drug-likeness (QED) is 0.545. The Labute approximate surface area is 138 Å². The SMILES string of the molecule is CN(Cc1ccccc1[N+](=O)[O-])C(=O)c1ccc2ccccc2n1. The van der Waals surface area contributed by atoms with Crippen molar-refractivity contribution in [2.75, 3.05) is 7.05 Å². The minimum atomic E-state index is -0.443. The van der Waals surface area contributed by atoms with Crippen LogP contribution in [-0.2, 0) is 6.54 Å². The maximum Gasteiger partial charge on any atom is 0.274 e. The predicted octanol–water partition coefficient (Wildman–Crippen LogP) is 3.42. The van der Waals surface area contributed by atoms with Gasteiger partial charge in [-0.25, -0.2) is 4.98 Å². The van der Waals surface area contributed by atoms with E-state index in [1.807, 2.05) is 30.3 Å². The molecule has 0 aliphatic rings. The van der Waals surface area contributed by atoms with Crippen LogP contribution in [0.4, 0.5) is 5.69 Å². The fraction of sp³-hybridized carbons (Fsp3) is 0.111. The summed E-state index contributed by atoms with van der Waals surface area (Å²) in [6.45, 7) is 0.143. The van der Waals surface area contributed by atoms with Gasteiger partial charge >= 0.3 is 0 Å². The van der Waals surface area contributed by atoms with Gasteiger partial charge in [-0.3, -0.25) is 14.9 Å². The Bertz CT molecular complexity index is 924. The number of pyridine rings is 1. The number of nitro groups is 1.